The van der Waals surface area contributed by atoms with Gasteiger partial charge in [-0.15, -0.1) is 0 Å². The van der Waals surface area contributed by atoms with Crippen LogP contribution in [0.25, 0.3) is 0 Å². The molecule has 10 nitrogen and oxygen atoms in total. The molecule has 128 valence electrons. The van der Waals surface area contributed by atoms with Crippen molar-refractivity contribution in [3.05, 3.63) is 40.3 Å². The van der Waals surface area contributed by atoms with Gasteiger partial charge in [-0.25, -0.2) is 4.79 Å². The zero-order valence-corrected chi connectivity index (χ0v) is 12.6. The van der Waals surface area contributed by atoms with Crippen molar-refractivity contribution in [3.63, 3.8) is 0 Å². The van der Waals surface area contributed by atoms with Crippen LogP contribution < -0.4 is 10.1 Å². The van der Waals surface area contributed by atoms with Gasteiger partial charge in [-0.3, -0.25) is 14.9 Å². The summed E-state index contributed by atoms with van der Waals surface area (Å²) in [6.07, 6.45) is 1.10. The summed E-state index contributed by atoms with van der Waals surface area (Å²) in [6.45, 7) is -0.119. The third-order valence-electron chi connectivity index (χ3n) is 2.86. The zero-order chi connectivity index (χ0) is 17.5. The molecule has 0 radical (unpaired) electrons. The Bertz CT molecular complexity index is 685. The molecular formula is C14H14N2O8. The average molecular weight is 338 g/mol. The van der Waals surface area contributed by atoms with E-state index in [0.29, 0.717) is 6.61 Å². The van der Waals surface area contributed by atoms with Crippen molar-refractivity contribution in [3.8, 4) is 5.75 Å². The summed E-state index contributed by atoms with van der Waals surface area (Å²) in [5.41, 5.74) is -0.390. The van der Waals surface area contributed by atoms with Gasteiger partial charge >= 0.3 is 5.97 Å². The highest BCUT2D eigenvalue weighted by atomic mass is 16.6. The highest BCUT2D eigenvalue weighted by molar-refractivity contribution is 5.96. The van der Waals surface area contributed by atoms with Crippen LogP contribution in [0.4, 0.5) is 11.4 Å². The molecule has 0 saturated heterocycles. The third-order valence-corrected chi connectivity index (χ3v) is 2.86. The fourth-order valence-electron chi connectivity index (χ4n) is 1.76. The predicted octanol–water partition coefficient (Wildman–Crippen LogP) is 0.973. The number of nitro groups is 1. The molecule has 1 amide bonds. The highest BCUT2D eigenvalue weighted by Crippen LogP contribution is 2.28. The Kier molecular flexibility index (Phi) is 5.55. The molecule has 1 aromatic rings. The number of anilines is 1. The monoisotopic (exact) mass is 338 g/mol. The molecule has 1 aliphatic heterocycles. The lowest BCUT2D eigenvalue weighted by molar-refractivity contribution is -0.384. The Balaban J connectivity index is 1.96. The van der Waals surface area contributed by atoms with Crippen LogP contribution in [-0.2, 0) is 23.8 Å². The molecule has 10 heteroatoms. The highest BCUT2D eigenvalue weighted by Gasteiger charge is 2.20. The van der Waals surface area contributed by atoms with E-state index in [0.717, 1.165) is 6.26 Å². The van der Waals surface area contributed by atoms with Gasteiger partial charge in [0.25, 0.3) is 11.6 Å². The van der Waals surface area contributed by atoms with Gasteiger partial charge < -0.3 is 24.3 Å². The minimum Gasteiger partial charge on any atom is -0.496 e. The summed E-state index contributed by atoms with van der Waals surface area (Å²) in [5.74, 6) is -1.49. The lowest BCUT2D eigenvalue weighted by Crippen LogP contribution is -2.24. The van der Waals surface area contributed by atoms with Gasteiger partial charge in [0.2, 0.25) is 5.76 Å². The van der Waals surface area contributed by atoms with Crippen molar-refractivity contribution in [2.24, 2.45) is 0 Å². The van der Waals surface area contributed by atoms with E-state index >= 15 is 0 Å². The van der Waals surface area contributed by atoms with E-state index in [4.69, 9.17) is 18.9 Å². The Hall–Kier alpha value is -3.30. The minimum absolute atomic E-state index is 0.0432. The van der Waals surface area contributed by atoms with Gasteiger partial charge in [0.1, 0.15) is 30.9 Å². The predicted molar refractivity (Wildman–Crippen MR) is 79.2 cm³/mol. The van der Waals surface area contributed by atoms with E-state index in [9.17, 15) is 19.7 Å². The molecule has 0 atom stereocenters. The molecule has 0 spiro atoms. The third kappa shape index (κ3) is 4.35. The summed E-state index contributed by atoms with van der Waals surface area (Å²) in [4.78, 5) is 33.8. The number of ether oxygens (including phenoxy) is 4. The lowest BCUT2D eigenvalue weighted by atomic mass is 10.2. The molecule has 1 N–H and O–H groups in total. The Morgan fingerprint density at radius 3 is 2.79 bits per heavy atom. The first kappa shape index (κ1) is 17.1. The summed E-state index contributed by atoms with van der Waals surface area (Å²) in [7, 11) is 1.36. The van der Waals surface area contributed by atoms with Crippen LogP contribution in [-0.4, -0.2) is 43.7 Å². The molecule has 1 aliphatic rings. The van der Waals surface area contributed by atoms with Gasteiger partial charge in [0, 0.05) is 0 Å². The normalized spacial score (nSPS) is 13.0. The summed E-state index contributed by atoms with van der Waals surface area (Å²) >= 11 is 0. The van der Waals surface area contributed by atoms with Gasteiger partial charge in [0.15, 0.2) is 6.61 Å². The minimum atomic E-state index is -0.867. The number of benzene rings is 1. The number of methoxy groups -OCH3 is 1. The number of nitrogens with zero attached hydrogens (tertiary/aromatic N) is 1. The van der Waals surface area contributed by atoms with Crippen molar-refractivity contribution in [1.82, 2.24) is 0 Å². The Morgan fingerprint density at radius 1 is 1.38 bits per heavy atom. The smallest absolute Gasteiger partial charge is 0.377 e. The van der Waals surface area contributed by atoms with Crippen molar-refractivity contribution in [2.75, 3.05) is 32.2 Å². The van der Waals surface area contributed by atoms with Crippen LogP contribution in [0.5, 0.6) is 5.75 Å². The first-order valence-corrected chi connectivity index (χ1v) is 6.75. The quantitative estimate of drug-likeness (QED) is 0.462. The van der Waals surface area contributed by atoms with Crippen LogP contribution in [0.15, 0.2) is 30.2 Å². The number of hydrogen-bond acceptors (Lipinski definition) is 8. The standard InChI is InChI=1S/C14H14N2O8/c1-21-9-2-3-10(11(6-9)16(19)20)15-13(17)8-24-14(18)12-7-22-4-5-23-12/h2-3,6-7H,4-5,8H2,1H3,(H,15,17). The largest absolute Gasteiger partial charge is 0.496 e. The fourth-order valence-corrected chi connectivity index (χ4v) is 1.76. The Morgan fingerprint density at radius 2 is 2.17 bits per heavy atom. The molecule has 24 heavy (non-hydrogen) atoms. The van der Waals surface area contributed by atoms with Crippen LogP contribution in [0.2, 0.25) is 0 Å². The first-order chi connectivity index (χ1) is 11.5. The maximum atomic E-state index is 11.8. The van der Waals surface area contributed by atoms with E-state index in [1.807, 2.05) is 0 Å². The molecular weight excluding hydrogens is 324 g/mol. The van der Waals surface area contributed by atoms with E-state index in [2.05, 4.69) is 5.32 Å². The van der Waals surface area contributed by atoms with Crippen LogP contribution in [0.1, 0.15) is 0 Å². The lowest BCUT2D eigenvalue weighted by Gasteiger charge is -2.14. The van der Waals surface area contributed by atoms with Crippen molar-refractivity contribution in [1.29, 1.82) is 0 Å². The van der Waals surface area contributed by atoms with E-state index in [1.54, 1.807) is 0 Å². The van der Waals surface area contributed by atoms with Crippen LogP contribution >= 0.6 is 0 Å². The van der Waals surface area contributed by atoms with Gasteiger partial charge in [0.05, 0.1) is 18.1 Å². The average Bonchev–Trinajstić information content (AvgIpc) is 2.60. The van der Waals surface area contributed by atoms with E-state index < -0.39 is 23.4 Å². The van der Waals surface area contributed by atoms with Crippen molar-refractivity contribution in [2.45, 2.75) is 0 Å². The second kappa shape index (κ2) is 7.81. The number of nitrogens with one attached hydrogen (secondary N) is 1. The SMILES string of the molecule is COc1ccc(NC(=O)COC(=O)C2=COCCO2)c([N+](=O)[O-])c1. The van der Waals surface area contributed by atoms with E-state index in [1.165, 1.54) is 25.3 Å². The number of nitro benzene ring substituents is 1. The molecule has 0 fully saturated rings. The number of hydrogen-bond donors (Lipinski definition) is 1. The Labute approximate surface area is 136 Å². The molecule has 0 unspecified atom stereocenters. The summed E-state index contributed by atoms with van der Waals surface area (Å²) in [5, 5.41) is 13.3. The molecule has 2 rings (SSSR count). The summed E-state index contributed by atoms with van der Waals surface area (Å²) in [6, 6.07) is 3.93. The van der Waals surface area contributed by atoms with Crippen molar-refractivity contribution >= 4 is 23.3 Å². The molecule has 0 aromatic heterocycles. The van der Waals surface area contributed by atoms with Gasteiger partial charge in [-0.05, 0) is 12.1 Å². The first-order valence-electron chi connectivity index (χ1n) is 6.75. The second-order valence-electron chi connectivity index (χ2n) is 4.47. The number of rotatable bonds is 6. The summed E-state index contributed by atoms with van der Waals surface area (Å²) < 4.78 is 19.5. The number of amides is 1. The van der Waals surface area contributed by atoms with Gasteiger partial charge in [-0.2, -0.15) is 0 Å². The molecule has 0 saturated carbocycles. The number of esters is 1. The maximum Gasteiger partial charge on any atom is 0.377 e. The van der Waals surface area contributed by atoms with E-state index in [-0.39, 0.29) is 29.5 Å². The van der Waals surface area contributed by atoms with Crippen molar-refractivity contribution < 1.29 is 33.5 Å². The topological polar surface area (TPSA) is 126 Å². The zero-order valence-electron chi connectivity index (χ0n) is 12.6. The molecule has 1 heterocycles. The second-order valence-corrected chi connectivity index (χ2v) is 4.47. The maximum absolute atomic E-state index is 11.8. The molecule has 1 aromatic carbocycles. The van der Waals surface area contributed by atoms with Crippen LogP contribution in [0, 0.1) is 10.1 Å². The number of carbonyl (C=O) groups excluding carboxylic acids is 2. The fraction of sp³-hybridized carbons (Fsp3) is 0.286. The molecule has 0 aliphatic carbocycles. The van der Waals surface area contributed by atoms with Gasteiger partial charge in [-0.1, -0.05) is 0 Å². The molecule has 0 bridgehead atoms. The number of carbonyl (C=O) groups is 2. The van der Waals surface area contributed by atoms with Crippen LogP contribution in [0.3, 0.4) is 0 Å².